The first-order valence-corrected chi connectivity index (χ1v) is 21.2. The first kappa shape index (κ1) is 32.0. The van der Waals surface area contributed by atoms with Gasteiger partial charge in [-0.15, -0.1) is 0 Å². The van der Waals surface area contributed by atoms with E-state index in [1.807, 2.05) is 27.7 Å². The van der Waals surface area contributed by atoms with E-state index in [4.69, 9.17) is 10.1 Å². The van der Waals surface area contributed by atoms with Gasteiger partial charge in [-0.1, -0.05) is 0 Å². The number of hydrogen-bond donors (Lipinski definition) is 0. The molecule has 0 bridgehead atoms. The third kappa shape index (κ3) is 9.05. The first-order valence-electron chi connectivity index (χ1n) is 12.3. The van der Waals surface area contributed by atoms with Gasteiger partial charge in [-0.25, -0.2) is 0 Å². The Hall–Kier alpha value is -1.88. The van der Waals surface area contributed by atoms with Gasteiger partial charge in [-0.05, 0) is 0 Å². The molecule has 0 saturated heterocycles. The Morgan fingerprint density at radius 3 is 0.707 bits per heavy atom. The van der Waals surface area contributed by atoms with Crippen LogP contribution < -0.4 is 0 Å². The van der Waals surface area contributed by atoms with Crippen LogP contribution in [0, 0.1) is 27.7 Å². The summed E-state index contributed by atoms with van der Waals surface area (Å²) in [5.74, 6) is 0. The van der Waals surface area contributed by atoms with Gasteiger partial charge in [0.1, 0.15) is 0 Å². The minimum atomic E-state index is -6.07. The van der Waals surface area contributed by atoms with Crippen LogP contribution in [0.4, 0.5) is 0 Å². The van der Waals surface area contributed by atoms with Gasteiger partial charge in [0, 0.05) is 0 Å². The zero-order valence-corrected chi connectivity index (χ0v) is 28.8. The maximum absolute atomic E-state index is 13.5. The van der Waals surface area contributed by atoms with E-state index < -0.39 is 64.4 Å². The molecule has 216 valence electrons. The second-order valence-corrected chi connectivity index (χ2v) is 22.0. The SMILES string of the molecule is Cc1ccc(S(=O)[O][Sn]([O]S(=O)c2ccc(C)cc2)([O]S(=O)c2ccc(C)cc2)[O]S(=O)c2ccc(C)cc2)cc1. The molecule has 0 spiro atoms. The molecule has 0 aliphatic carbocycles. The van der Waals surface area contributed by atoms with E-state index >= 15 is 0 Å². The fraction of sp³-hybridized carbons (Fsp3) is 0.143. The van der Waals surface area contributed by atoms with Crippen molar-refractivity contribution in [3.63, 3.8) is 0 Å². The van der Waals surface area contributed by atoms with Gasteiger partial charge in [-0.2, -0.15) is 0 Å². The first-order chi connectivity index (χ1) is 19.5. The van der Waals surface area contributed by atoms with Crippen LogP contribution in [0.1, 0.15) is 22.3 Å². The zero-order valence-electron chi connectivity index (χ0n) is 22.6. The van der Waals surface area contributed by atoms with E-state index in [0.717, 1.165) is 22.3 Å². The van der Waals surface area contributed by atoms with Crippen molar-refractivity contribution in [3.8, 4) is 0 Å². The Morgan fingerprint density at radius 1 is 0.366 bits per heavy atom. The maximum atomic E-state index is 13.5. The molecule has 0 radical (unpaired) electrons. The minimum absolute atomic E-state index is 0.232. The Kier molecular flexibility index (Phi) is 11.4. The second-order valence-electron chi connectivity index (χ2n) is 9.02. The molecule has 4 rings (SSSR count). The zero-order chi connectivity index (χ0) is 29.6. The molecule has 0 amide bonds. The molecule has 0 aliphatic heterocycles. The van der Waals surface area contributed by atoms with Crippen LogP contribution >= 0.6 is 0 Å². The Labute approximate surface area is 256 Å². The monoisotopic (exact) mass is 740 g/mol. The van der Waals surface area contributed by atoms with Crippen LogP contribution in [0.2, 0.25) is 0 Å². The quantitative estimate of drug-likeness (QED) is 0.173. The summed E-state index contributed by atoms with van der Waals surface area (Å²) in [6.07, 6.45) is 0. The fourth-order valence-corrected chi connectivity index (χ4v) is 20.4. The third-order valence-corrected chi connectivity index (χ3v) is 21.8. The molecule has 0 aliphatic rings. The van der Waals surface area contributed by atoms with Crippen molar-refractivity contribution in [2.24, 2.45) is 0 Å². The van der Waals surface area contributed by atoms with Crippen LogP contribution in [0.25, 0.3) is 0 Å². The van der Waals surface area contributed by atoms with Gasteiger partial charge in [0.25, 0.3) is 0 Å². The third-order valence-electron chi connectivity index (χ3n) is 5.56. The Bertz CT molecular complexity index is 1330. The van der Waals surface area contributed by atoms with Crippen LogP contribution in [0.3, 0.4) is 0 Å². The van der Waals surface area contributed by atoms with Crippen LogP contribution in [-0.4, -0.2) is 36.9 Å². The molecule has 4 unspecified atom stereocenters. The predicted octanol–water partition coefficient (Wildman–Crippen LogP) is 5.61. The molecule has 0 saturated carbocycles. The number of rotatable bonds is 12. The van der Waals surface area contributed by atoms with Gasteiger partial charge in [0.05, 0.1) is 0 Å². The molecule has 4 aromatic carbocycles. The summed E-state index contributed by atoms with van der Waals surface area (Å²) in [4.78, 5) is 0.929. The summed E-state index contributed by atoms with van der Waals surface area (Å²) >= 11 is -15.2. The summed E-state index contributed by atoms with van der Waals surface area (Å²) in [5.41, 5.74) is 3.69. The molecule has 4 atom stereocenters. The van der Waals surface area contributed by atoms with Gasteiger partial charge >= 0.3 is 258 Å². The Balaban J connectivity index is 1.77. The van der Waals surface area contributed by atoms with E-state index in [0.29, 0.717) is 0 Å². The topological polar surface area (TPSA) is 105 Å². The Morgan fingerprint density at radius 2 is 0.537 bits per heavy atom. The number of aryl methyl sites for hydroxylation is 4. The van der Waals surface area contributed by atoms with E-state index in [2.05, 4.69) is 0 Å². The van der Waals surface area contributed by atoms with Gasteiger partial charge in [-0.3, -0.25) is 0 Å². The molecular formula is C28H28O8S4Sn. The normalized spacial score (nSPS) is 15.9. The fourth-order valence-electron chi connectivity index (χ4n) is 3.24. The molecule has 13 heteroatoms. The number of benzene rings is 4. The molecular weight excluding hydrogens is 711 g/mol. The summed E-state index contributed by atoms with van der Waals surface area (Å²) in [7, 11) is 0. The average molecular weight is 740 g/mol. The van der Waals surface area contributed by atoms with Crippen LogP contribution in [0.15, 0.2) is 117 Å². The molecule has 0 N–H and O–H groups in total. The van der Waals surface area contributed by atoms with E-state index in [-0.39, 0.29) is 19.6 Å². The van der Waals surface area contributed by atoms with Crippen molar-refractivity contribution < 1.29 is 26.9 Å². The molecule has 41 heavy (non-hydrogen) atoms. The van der Waals surface area contributed by atoms with Gasteiger partial charge in [0.2, 0.25) is 0 Å². The molecule has 4 aromatic rings. The molecule has 0 fully saturated rings. The van der Waals surface area contributed by atoms with Gasteiger partial charge < -0.3 is 0 Å². The average Bonchev–Trinajstić information content (AvgIpc) is 2.94. The van der Waals surface area contributed by atoms with Crippen molar-refractivity contribution in [1.29, 1.82) is 0 Å². The van der Waals surface area contributed by atoms with Crippen molar-refractivity contribution in [1.82, 2.24) is 0 Å². The summed E-state index contributed by atoms with van der Waals surface area (Å²) in [5, 5.41) is 0. The molecule has 8 nitrogen and oxygen atoms in total. The van der Waals surface area contributed by atoms with Gasteiger partial charge in [0.15, 0.2) is 0 Å². The van der Waals surface area contributed by atoms with E-state index in [1.165, 1.54) is 0 Å². The van der Waals surface area contributed by atoms with E-state index in [9.17, 15) is 16.8 Å². The van der Waals surface area contributed by atoms with Crippen molar-refractivity contribution >= 4 is 64.4 Å². The van der Waals surface area contributed by atoms with Crippen molar-refractivity contribution in [2.75, 3.05) is 0 Å². The molecule has 0 aromatic heterocycles. The predicted molar refractivity (Wildman–Crippen MR) is 160 cm³/mol. The van der Waals surface area contributed by atoms with E-state index in [1.54, 1.807) is 97.1 Å². The second kappa shape index (κ2) is 14.5. The summed E-state index contributed by atoms with van der Waals surface area (Å²) < 4.78 is 77.2. The van der Waals surface area contributed by atoms with Crippen LogP contribution in [-0.2, 0) is 54.4 Å². The van der Waals surface area contributed by atoms with Crippen LogP contribution in [0.5, 0.6) is 0 Å². The van der Waals surface area contributed by atoms with Crippen molar-refractivity contribution in [2.45, 2.75) is 47.3 Å². The summed E-state index contributed by atoms with van der Waals surface area (Å²) in [6.45, 7) is 7.47. The summed E-state index contributed by atoms with van der Waals surface area (Å²) in [6, 6.07) is 26.5. The molecule has 0 heterocycles. The standard InChI is InChI=1S/4C7H8O2S.Sn/c4*1-6-2-4-7(5-3-6)10(8)9;/h4*2-5H,1H3,(H,8,9);/q;;;;+4/p-4. The number of hydrogen-bond acceptors (Lipinski definition) is 8. The van der Waals surface area contributed by atoms with Crippen molar-refractivity contribution in [3.05, 3.63) is 119 Å².